The first-order valence-electron chi connectivity index (χ1n) is 4.20. The van der Waals surface area contributed by atoms with Crippen molar-refractivity contribution < 1.29 is 22.7 Å². The Hall–Kier alpha value is -1.04. The number of hydrogen-bond donors (Lipinski definition) is 0. The second-order valence-electron chi connectivity index (χ2n) is 2.82. The number of hydrogen-bond acceptors (Lipinski definition) is 3. The van der Waals surface area contributed by atoms with Crippen LogP contribution in [0.2, 0.25) is 0 Å². The van der Waals surface area contributed by atoms with Crippen molar-refractivity contribution in [3.63, 3.8) is 0 Å². The molecule has 6 heteroatoms. The van der Waals surface area contributed by atoms with Crippen molar-refractivity contribution in [2.24, 2.45) is 0 Å². The first-order chi connectivity index (χ1) is 6.88. The molecule has 1 aromatic rings. The van der Waals surface area contributed by atoms with Crippen LogP contribution in [0.15, 0.2) is 5.38 Å². The molecule has 0 spiro atoms. The van der Waals surface area contributed by atoms with E-state index < -0.39 is 17.7 Å². The lowest BCUT2D eigenvalue weighted by atomic mass is 10.1. The minimum absolute atomic E-state index is 0.0178. The second-order valence-corrected chi connectivity index (χ2v) is 3.70. The number of esters is 1. The molecular formula is C9H9F3O2S. The molecule has 1 rings (SSSR count). The Morgan fingerprint density at radius 2 is 2.13 bits per heavy atom. The molecule has 0 aliphatic rings. The van der Waals surface area contributed by atoms with Crippen molar-refractivity contribution in [3.05, 3.63) is 21.4 Å². The van der Waals surface area contributed by atoms with Gasteiger partial charge in [0.15, 0.2) is 0 Å². The van der Waals surface area contributed by atoms with Gasteiger partial charge in [0.05, 0.1) is 12.2 Å². The molecule has 0 amide bonds. The maximum absolute atomic E-state index is 12.4. The van der Waals surface area contributed by atoms with Gasteiger partial charge < -0.3 is 4.74 Å². The van der Waals surface area contributed by atoms with Crippen molar-refractivity contribution >= 4 is 17.3 Å². The third kappa shape index (κ3) is 2.50. The number of alkyl halides is 3. The summed E-state index contributed by atoms with van der Waals surface area (Å²) in [4.78, 5) is 11.2. The topological polar surface area (TPSA) is 26.3 Å². The molecular weight excluding hydrogens is 229 g/mol. The highest BCUT2D eigenvalue weighted by Crippen LogP contribution is 2.36. The van der Waals surface area contributed by atoms with Crippen LogP contribution in [-0.4, -0.2) is 12.6 Å². The standard InChI is InChI=1S/C9H9F3O2S/c1-3-14-8(13)7-5(2)6(4-15-7)9(10,11)12/h4H,3H2,1-2H3. The van der Waals surface area contributed by atoms with Gasteiger partial charge in [-0.3, -0.25) is 0 Å². The van der Waals surface area contributed by atoms with Gasteiger partial charge in [0.2, 0.25) is 0 Å². The first-order valence-corrected chi connectivity index (χ1v) is 5.08. The van der Waals surface area contributed by atoms with E-state index in [9.17, 15) is 18.0 Å². The van der Waals surface area contributed by atoms with E-state index in [1.165, 1.54) is 6.92 Å². The van der Waals surface area contributed by atoms with Crippen LogP contribution in [0.5, 0.6) is 0 Å². The maximum atomic E-state index is 12.4. The smallest absolute Gasteiger partial charge is 0.417 e. The van der Waals surface area contributed by atoms with Crippen LogP contribution in [0.25, 0.3) is 0 Å². The van der Waals surface area contributed by atoms with Gasteiger partial charge in [0.1, 0.15) is 4.88 Å². The summed E-state index contributed by atoms with van der Waals surface area (Å²) >= 11 is 0.757. The van der Waals surface area contributed by atoms with Crippen LogP contribution in [-0.2, 0) is 10.9 Å². The fourth-order valence-corrected chi connectivity index (χ4v) is 2.08. The first kappa shape index (κ1) is 12.0. The number of carbonyl (C=O) groups is 1. The Morgan fingerprint density at radius 1 is 1.53 bits per heavy atom. The van der Waals surface area contributed by atoms with E-state index in [-0.39, 0.29) is 17.0 Å². The molecule has 84 valence electrons. The van der Waals surface area contributed by atoms with Crippen molar-refractivity contribution in [2.75, 3.05) is 6.61 Å². The van der Waals surface area contributed by atoms with Crippen LogP contribution in [0.3, 0.4) is 0 Å². The molecule has 0 bridgehead atoms. The molecule has 0 aliphatic heterocycles. The molecule has 0 unspecified atom stereocenters. The maximum Gasteiger partial charge on any atom is 0.417 e. The SMILES string of the molecule is CCOC(=O)c1scc(C(F)(F)F)c1C. The lowest BCUT2D eigenvalue weighted by Crippen LogP contribution is -2.08. The molecule has 1 heterocycles. The lowest BCUT2D eigenvalue weighted by molar-refractivity contribution is -0.137. The van der Waals surface area contributed by atoms with Crippen LogP contribution in [0.4, 0.5) is 13.2 Å². The average molecular weight is 238 g/mol. The summed E-state index contributed by atoms with van der Waals surface area (Å²) in [6, 6.07) is 0. The van der Waals surface area contributed by atoms with Gasteiger partial charge in [0, 0.05) is 5.38 Å². The van der Waals surface area contributed by atoms with Crippen LogP contribution in [0, 0.1) is 6.92 Å². The minimum Gasteiger partial charge on any atom is -0.462 e. The minimum atomic E-state index is -4.41. The van der Waals surface area contributed by atoms with E-state index in [0.29, 0.717) is 0 Å². The van der Waals surface area contributed by atoms with Crippen molar-refractivity contribution in [3.8, 4) is 0 Å². The van der Waals surface area contributed by atoms with Gasteiger partial charge in [-0.15, -0.1) is 11.3 Å². The monoisotopic (exact) mass is 238 g/mol. The zero-order valence-corrected chi connectivity index (χ0v) is 8.96. The predicted molar refractivity (Wildman–Crippen MR) is 50.0 cm³/mol. The predicted octanol–water partition coefficient (Wildman–Crippen LogP) is 3.25. The zero-order chi connectivity index (χ0) is 11.6. The van der Waals surface area contributed by atoms with E-state index in [2.05, 4.69) is 4.74 Å². The molecule has 0 aliphatic carbocycles. The Balaban J connectivity index is 3.04. The third-order valence-electron chi connectivity index (χ3n) is 1.81. The fraction of sp³-hybridized carbons (Fsp3) is 0.444. The van der Waals surface area contributed by atoms with Gasteiger partial charge in [0.25, 0.3) is 0 Å². The highest BCUT2D eigenvalue weighted by Gasteiger charge is 2.35. The number of halogens is 3. The lowest BCUT2D eigenvalue weighted by Gasteiger charge is -2.05. The number of thiophene rings is 1. The second kappa shape index (κ2) is 4.22. The van der Waals surface area contributed by atoms with E-state index in [1.807, 2.05) is 0 Å². The van der Waals surface area contributed by atoms with Crippen LogP contribution in [0.1, 0.15) is 27.7 Å². The van der Waals surface area contributed by atoms with Gasteiger partial charge in [-0.05, 0) is 19.4 Å². The molecule has 0 atom stereocenters. The van der Waals surface area contributed by atoms with Crippen molar-refractivity contribution in [1.29, 1.82) is 0 Å². The summed E-state index contributed by atoms with van der Waals surface area (Å²) in [5.41, 5.74) is -0.832. The fourth-order valence-electron chi connectivity index (χ4n) is 1.09. The Labute approximate surface area is 88.7 Å². The number of ether oxygens (including phenoxy) is 1. The molecule has 15 heavy (non-hydrogen) atoms. The van der Waals surface area contributed by atoms with Crippen molar-refractivity contribution in [1.82, 2.24) is 0 Å². The Kier molecular flexibility index (Phi) is 3.38. The summed E-state index contributed by atoms with van der Waals surface area (Å²) < 4.78 is 41.7. The highest BCUT2D eigenvalue weighted by molar-refractivity contribution is 7.12. The molecule has 2 nitrogen and oxygen atoms in total. The van der Waals surface area contributed by atoms with Crippen LogP contribution < -0.4 is 0 Å². The van der Waals surface area contributed by atoms with Crippen LogP contribution >= 0.6 is 11.3 Å². The third-order valence-corrected chi connectivity index (χ3v) is 2.87. The largest absolute Gasteiger partial charge is 0.462 e. The molecule has 0 fully saturated rings. The summed E-state index contributed by atoms with van der Waals surface area (Å²) in [6.07, 6.45) is -4.41. The Bertz CT molecular complexity index is 368. The summed E-state index contributed by atoms with van der Waals surface area (Å²) in [6.45, 7) is 3.02. The molecule has 0 saturated carbocycles. The summed E-state index contributed by atoms with van der Waals surface area (Å²) in [5.74, 6) is -0.699. The zero-order valence-electron chi connectivity index (χ0n) is 8.14. The molecule has 0 N–H and O–H groups in total. The molecule has 0 aromatic carbocycles. The molecule has 1 aromatic heterocycles. The van der Waals surface area contributed by atoms with E-state index in [1.54, 1.807) is 6.92 Å². The normalized spacial score (nSPS) is 11.5. The van der Waals surface area contributed by atoms with Gasteiger partial charge >= 0.3 is 12.1 Å². The Morgan fingerprint density at radius 3 is 2.53 bits per heavy atom. The summed E-state index contributed by atoms with van der Waals surface area (Å²) in [7, 11) is 0. The number of carbonyl (C=O) groups excluding carboxylic acids is 1. The van der Waals surface area contributed by atoms with Gasteiger partial charge in [-0.25, -0.2) is 4.79 Å². The molecule has 0 saturated heterocycles. The average Bonchev–Trinajstić information content (AvgIpc) is 2.46. The van der Waals surface area contributed by atoms with Gasteiger partial charge in [-0.1, -0.05) is 0 Å². The molecule has 0 radical (unpaired) electrons. The number of rotatable bonds is 2. The van der Waals surface area contributed by atoms with E-state index in [0.717, 1.165) is 16.7 Å². The van der Waals surface area contributed by atoms with E-state index >= 15 is 0 Å². The quantitative estimate of drug-likeness (QED) is 0.739. The highest BCUT2D eigenvalue weighted by atomic mass is 32.1. The van der Waals surface area contributed by atoms with Gasteiger partial charge in [-0.2, -0.15) is 13.2 Å². The van der Waals surface area contributed by atoms with Crippen molar-refractivity contribution in [2.45, 2.75) is 20.0 Å². The van der Waals surface area contributed by atoms with E-state index in [4.69, 9.17) is 0 Å². The summed E-state index contributed by atoms with van der Waals surface area (Å²) in [5, 5.41) is 0.932.